The lowest BCUT2D eigenvalue weighted by Crippen LogP contribution is -2.37. The minimum atomic E-state index is -4.98. The van der Waals surface area contributed by atoms with E-state index in [0.29, 0.717) is 35.4 Å². The Labute approximate surface area is 249 Å². The van der Waals surface area contributed by atoms with Gasteiger partial charge in [-0.05, 0) is 54.2 Å². The standard InChI is InChI=1S/C30H26ClF3N4O5/c1-42-29(41)37-14-12-20(13-15-37)19-10-8-18(9-11-19)17-43-26-21(4-2-5-23(26)31)24-6-3-7-25(36-24)38-27(30(32,33)34)22(16-35-38)28(39)40/h2-11,16,20H,12-15,17H2,1H3,(H,39,40). The number of hydrogen-bond donors (Lipinski definition) is 1. The summed E-state index contributed by atoms with van der Waals surface area (Å²) < 4.78 is 52.7. The fourth-order valence-electron chi connectivity index (χ4n) is 5.07. The summed E-state index contributed by atoms with van der Waals surface area (Å²) in [6, 6.07) is 17.3. The van der Waals surface area contributed by atoms with Crippen molar-refractivity contribution in [1.29, 1.82) is 0 Å². The van der Waals surface area contributed by atoms with Crippen molar-refractivity contribution in [3.63, 3.8) is 0 Å². The number of piperidine rings is 1. The van der Waals surface area contributed by atoms with Crippen molar-refractivity contribution < 1.29 is 37.3 Å². The summed E-state index contributed by atoms with van der Waals surface area (Å²) in [6.45, 7) is 1.42. The number of carbonyl (C=O) groups excluding carboxylic acids is 1. The lowest BCUT2D eigenvalue weighted by Gasteiger charge is -2.31. The van der Waals surface area contributed by atoms with Gasteiger partial charge in [0, 0.05) is 18.7 Å². The highest BCUT2D eigenvalue weighted by molar-refractivity contribution is 6.32. The number of carbonyl (C=O) groups is 2. The Hall–Kier alpha value is -4.58. The monoisotopic (exact) mass is 614 g/mol. The molecule has 0 aliphatic carbocycles. The number of ether oxygens (including phenoxy) is 2. The van der Waals surface area contributed by atoms with Gasteiger partial charge in [-0.25, -0.2) is 19.3 Å². The van der Waals surface area contributed by atoms with Crippen molar-refractivity contribution in [2.24, 2.45) is 0 Å². The number of pyridine rings is 1. The number of hydrogen-bond acceptors (Lipinski definition) is 6. The van der Waals surface area contributed by atoms with E-state index in [4.69, 9.17) is 21.1 Å². The molecule has 3 heterocycles. The van der Waals surface area contributed by atoms with Crippen LogP contribution in [0.5, 0.6) is 5.75 Å². The first-order valence-corrected chi connectivity index (χ1v) is 13.6. The Bertz CT molecular complexity index is 1630. The molecule has 0 radical (unpaired) electrons. The van der Waals surface area contributed by atoms with Gasteiger partial charge in [0.2, 0.25) is 0 Å². The molecule has 2 aromatic heterocycles. The summed E-state index contributed by atoms with van der Waals surface area (Å²) in [5.41, 5.74) is 0.298. The largest absolute Gasteiger partial charge is 0.487 e. The molecule has 1 amide bonds. The maximum absolute atomic E-state index is 13.8. The first-order chi connectivity index (χ1) is 20.6. The fraction of sp³-hybridized carbons (Fsp3) is 0.267. The number of rotatable bonds is 7. The molecule has 0 unspecified atom stereocenters. The summed E-state index contributed by atoms with van der Waals surface area (Å²) in [4.78, 5) is 29.2. The molecule has 224 valence electrons. The molecule has 43 heavy (non-hydrogen) atoms. The lowest BCUT2D eigenvalue weighted by atomic mass is 9.89. The number of carboxylic acids is 1. The summed E-state index contributed by atoms with van der Waals surface area (Å²) in [5.74, 6) is -1.37. The van der Waals surface area contributed by atoms with E-state index in [9.17, 15) is 27.9 Å². The Morgan fingerprint density at radius 1 is 1.05 bits per heavy atom. The Morgan fingerprint density at radius 3 is 2.40 bits per heavy atom. The maximum Gasteiger partial charge on any atom is 0.434 e. The average molecular weight is 615 g/mol. The second-order valence-electron chi connectivity index (χ2n) is 9.88. The van der Waals surface area contributed by atoms with Crippen LogP contribution in [0.3, 0.4) is 0 Å². The predicted molar refractivity (Wildman–Crippen MR) is 150 cm³/mol. The molecule has 1 N–H and O–H groups in total. The number of amides is 1. The van der Waals surface area contributed by atoms with Gasteiger partial charge >= 0.3 is 18.2 Å². The SMILES string of the molecule is COC(=O)N1CCC(c2ccc(COc3c(Cl)cccc3-c3cccc(-n4ncc(C(=O)O)c4C(F)(F)F)n3)cc2)CC1. The molecular weight excluding hydrogens is 589 g/mol. The summed E-state index contributed by atoms with van der Waals surface area (Å²) in [7, 11) is 1.38. The van der Waals surface area contributed by atoms with Crippen LogP contribution in [0.15, 0.2) is 66.9 Å². The first kappa shape index (κ1) is 29.9. The molecule has 1 aliphatic heterocycles. The highest BCUT2D eigenvalue weighted by Gasteiger charge is 2.41. The topological polar surface area (TPSA) is 107 Å². The molecule has 0 bridgehead atoms. The van der Waals surface area contributed by atoms with Crippen LogP contribution in [-0.2, 0) is 17.5 Å². The minimum absolute atomic E-state index is 0.164. The number of para-hydroxylation sites is 1. The van der Waals surface area contributed by atoms with Crippen molar-refractivity contribution >= 4 is 23.7 Å². The number of aromatic nitrogens is 3. The Balaban J connectivity index is 1.35. The predicted octanol–water partition coefficient (Wildman–Crippen LogP) is 6.83. The van der Waals surface area contributed by atoms with Gasteiger partial charge in [0.15, 0.2) is 11.5 Å². The third-order valence-electron chi connectivity index (χ3n) is 7.22. The van der Waals surface area contributed by atoms with E-state index in [2.05, 4.69) is 10.1 Å². The highest BCUT2D eigenvalue weighted by atomic mass is 35.5. The first-order valence-electron chi connectivity index (χ1n) is 13.3. The van der Waals surface area contributed by atoms with E-state index < -0.39 is 23.4 Å². The van der Waals surface area contributed by atoms with Crippen LogP contribution in [0, 0.1) is 0 Å². The molecule has 2 aromatic carbocycles. The molecule has 5 rings (SSSR count). The molecule has 1 saturated heterocycles. The van der Waals surface area contributed by atoms with E-state index in [0.717, 1.165) is 24.0 Å². The second kappa shape index (κ2) is 12.3. The van der Waals surface area contributed by atoms with Gasteiger partial charge in [-0.15, -0.1) is 0 Å². The van der Waals surface area contributed by atoms with E-state index in [1.165, 1.54) is 19.2 Å². The number of benzene rings is 2. The zero-order valence-electron chi connectivity index (χ0n) is 22.8. The van der Waals surface area contributed by atoms with Crippen molar-refractivity contribution in [1.82, 2.24) is 19.7 Å². The Morgan fingerprint density at radius 2 is 1.74 bits per heavy atom. The number of aromatic carboxylic acids is 1. The van der Waals surface area contributed by atoms with Gasteiger partial charge in [-0.3, -0.25) is 0 Å². The average Bonchev–Trinajstić information content (AvgIpc) is 3.47. The van der Waals surface area contributed by atoms with E-state index >= 15 is 0 Å². The van der Waals surface area contributed by atoms with Gasteiger partial charge < -0.3 is 19.5 Å². The van der Waals surface area contributed by atoms with Crippen LogP contribution >= 0.6 is 11.6 Å². The maximum atomic E-state index is 13.8. The number of alkyl halides is 3. The number of likely N-dealkylation sites (tertiary alicyclic amines) is 1. The quantitative estimate of drug-likeness (QED) is 0.243. The minimum Gasteiger partial charge on any atom is -0.487 e. The van der Waals surface area contributed by atoms with Gasteiger partial charge in [-0.1, -0.05) is 48.0 Å². The van der Waals surface area contributed by atoms with Crippen molar-refractivity contribution in [2.75, 3.05) is 20.2 Å². The van der Waals surface area contributed by atoms with Crippen molar-refractivity contribution in [3.8, 4) is 22.8 Å². The van der Waals surface area contributed by atoms with Crippen molar-refractivity contribution in [3.05, 3.63) is 94.3 Å². The zero-order chi connectivity index (χ0) is 30.7. The smallest absolute Gasteiger partial charge is 0.434 e. The van der Waals surface area contributed by atoms with Crippen LogP contribution in [0.4, 0.5) is 18.0 Å². The van der Waals surface area contributed by atoms with E-state index in [1.54, 1.807) is 29.2 Å². The molecule has 13 heteroatoms. The van der Waals surface area contributed by atoms with Gasteiger partial charge in [0.25, 0.3) is 0 Å². The van der Waals surface area contributed by atoms with E-state index in [-0.39, 0.29) is 35.0 Å². The summed E-state index contributed by atoms with van der Waals surface area (Å²) in [6.07, 6.45) is -2.99. The molecule has 0 atom stereocenters. The van der Waals surface area contributed by atoms with Crippen LogP contribution in [0.25, 0.3) is 17.1 Å². The van der Waals surface area contributed by atoms with E-state index in [1.807, 2.05) is 24.3 Å². The van der Waals surface area contributed by atoms with Crippen LogP contribution in [0.1, 0.15) is 45.9 Å². The summed E-state index contributed by atoms with van der Waals surface area (Å²) >= 11 is 6.48. The van der Waals surface area contributed by atoms with Crippen LogP contribution < -0.4 is 4.74 Å². The molecule has 4 aromatic rings. The molecule has 9 nitrogen and oxygen atoms in total. The Kier molecular flexibility index (Phi) is 8.58. The second-order valence-corrected chi connectivity index (χ2v) is 10.3. The molecular formula is C30H26ClF3N4O5. The molecule has 0 spiro atoms. The van der Waals surface area contributed by atoms with Crippen molar-refractivity contribution in [2.45, 2.75) is 31.5 Å². The van der Waals surface area contributed by atoms with Gasteiger partial charge in [-0.2, -0.15) is 18.3 Å². The number of methoxy groups -OCH3 is 1. The van der Waals surface area contributed by atoms with Crippen LogP contribution in [0.2, 0.25) is 5.02 Å². The zero-order valence-corrected chi connectivity index (χ0v) is 23.6. The third kappa shape index (κ3) is 6.43. The summed E-state index contributed by atoms with van der Waals surface area (Å²) in [5, 5.41) is 13.2. The molecule has 1 aliphatic rings. The number of halogens is 4. The lowest BCUT2D eigenvalue weighted by molar-refractivity contribution is -0.143. The normalized spacial score (nSPS) is 14.0. The third-order valence-corrected chi connectivity index (χ3v) is 7.52. The fourth-order valence-corrected chi connectivity index (χ4v) is 5.30. The van der Waals surface area contributed by atoms with Gasteiger partial charge in [0.1, 0.15) is 17.9 Å². The molecule has 0 saturated carbocycles. The number of nitrogens with zero attached hydrogens (tertiary/aromatic N) is 4. The van der Waals surface area contributed by atoms with Crippen LogP contribution in [-0.4, -0.2) is 57.0 Å². The highest BCUT2D eigenvalue weighted by Crippen LogP contribution is 2.38. The number of carboxylic acid groups (broad SMARTS) is 1. The van der Waals surface area contributed by atoms with Gasteiger partial charge in [0.05, 0.1) is 24.0 Å². The molecule has 1 fully saturated rings.